The van der Waals surface area contributed by atoms with E-state index in [0.717, 1.165) is 51.5 Å². The highest BCUT2D eigenvalue weighted by atomic mass is 35.5. The van der Waals surface area contributed by atoms with E-state index >= 15 is 0 Å². The van der Waals surface area contributed by atoms with Gasteiger partial charge in [-0.15, -0.1) is 23.7 Å². The predicted molar refractivity (Wildman–Crippen MR) is 96.9 cm³/mol. The van der Waals surface area contributed by atoms with E-state index in [1.165, 1.54) is 24.2 Å². The van der Waals surface area contributed by atoms with Crippen molar-refractivity contribution in [2.75, 3.05) is 32.7 Å². The van der Waals surface area contributed by atoms with Crippen molar-refractivity contribution in [1.29, 1.82) is 0 Å². The lowest BCUT2D eigenvalue weighted by Crippen LogP contribution is -2.47. The van der Waals surface area contributed by atoms with E-state index in [0.29, 0.717) is 4.21 Å². The number of nitrogens with zero attached hydrogens (tertiary/aromatic N) is 1. The number of halogens is 1. The Morgan fingerprint density at radius 2 is 2.09 bits per heavy atom. The monoisotopic (exact) mass is 379 g/mol. The van der Waals surface area contributed by atoms with Crippen LogP contribution in [0.25, 0.3) is 0 Å². The van der Waals surface area contributed by atoms with Gasteiger partial charge in [0.1, 0.15) is 4.21 Å². The smallest absolute Gasteiger partial charge is 0.250 e. The maximum Gasteiger partial charge on any atom is 0.250 e. The van der Waals surface area contributed by atoms with Gasteiger partial charge in [-0.3, -0.25) is 0 Å². The number of hydrogen-bond acceptors (Lipinski definition) is 5. The summed E-state index contributed by atoms with van der Waals surface area (Å²) in [5, 5.41) is 5.26. The zero-order chi connectivity index (χ0) is 15.4. The highest BCUT2D eigenvalue weighted by Crippen LogP contribution is 2.20. The highest BCUT2D eigenvalue weighted by Gasteiger charge is 2.26. The van der Waals surface area contributed by atoms with Gasteiger partial charge in [0.05, 0.1) is 0 Å². The van der Waals surface area contributed by atoms with Gasteiger partial charge in [-0.1, -0.05) is 6.07 Å². The molecule has 23 heavy (non-hydrogen) atoms. The summed E-state index contributed by atoms with van der Waals surface area (Å²) < 4.78 is 27.8. The second-order valence-electron chi connectivity index (χ2n) is 6.34. The van der Waals surface area contributed by atoms with Gasteiger partial charge in [0.25, 0.3) is 0 Å². The summed E-state index contributed by atoms with van der Waals surface area (Å²) in [5.74, 6) is 0.758. The Morgan fingerprint density at radius 3 is 2.70 bits per heavy atom. The molecule has 132 valence electrons. The van der Waals surface area contributed by atoms with E-state index < -0.39 is 10.0 Å². The number of thiophene rings is 1. The molecule has 2 aliphatic rings. The lowest BCUT2D eigenvalue weighted by atomic mass is 9.97. The first-order valence-corrected chi connectivity index (χ1v) is 10.5. The fraction of sp³-hybridized carbons (Fsp3) is 0.733. The van der Waals surface area contributed by atoms with Gasteiger partial charge in [0.15, 0.2) is 0 Å². The lowest BCUT2D eigenvalue weighted by Gasteiger charge is -2.35. The molecule has 1 unspecified atom stereocenters. The number of likely N-dealkylation sites (tertiary alicyclic amines) is 1. The Kier molecular flexibility index (Phi) is 7.31. The average Bonchev–Trinajstić information content (AvgIpc) is 3.05. The zero-order valence-electron chi connectivity index (χ0n) is 13.2. The molecule has 3 rings (SSSR count). The van der Waals surface area contributed by atoms with Crippen LogP contribution in [-0.2, 0) is 10.0 Å². The summed E-state index contributed by atoms with van der Waals surface area (Å²) >= 11 is 1.27. The van der Waals surface area contributed by atoms with Crippen molar-refractivity contribution >= 4 is 33.8 Å². The molecule has 0 saturated carbocycles. The Bertz CT molecular complexity index is 551. The number of piperidine rings is 2. The molecule has 1 atom stereocenters. The van der Waals surface area contributed by atoms with Gasteiger partial charge in [-0.05, 0) is 69.2 Å². The van der Waals surface area contributed by atoms with E-state index in [9.17, 15) is 8.42 Å². The third-order valence-electron chi connectivity index (χ3n) is 4.58. The third kappa shape index (κ3) is 5.41. The molecule has 0 aliphatic carbocycles. The second kappa shape index (κ2) is 8.78. The minimum absolute atomic E-state index is 0. The van der Waals surface area contributed by atoms with Crippen molar-refractivity contribution < 1.29 is 8.42 Å². The van der Waals surface area contributed by atoms with E-state index in [4.69, 9.17) is 0 Å². The van der Waals surface area contributed by atoms with Crippen molar-refractivity contribution in [1.82, 2.24) is 14.9 Å². The number of hydrogen-bond donors (Lipinski definition) is 2. The van der Waals surface area contributed by atoms with Crippen LogP contribution in [0.1, 0.15) is 25.7 Å². The molecule has 2 fully saturated rings. The summed E-state index contributed by atoms with van der Waals surface area (Å²) in [6.45, 7) is 5.42. The number of sulfonamides is 1. The molecule has 0 aromatic carbocycles. The van der Waals surface area contributed by atoms with Crippen LogP contribution in [0.15, 0.2) is 21.7 Å². The Morgan fingerprint density at radius 1 is 1.30 bits per heavy atom. The summed E-state index contributed by atoms with van der Waals surface area (Å²) in [5.41, 5.74) is 0. The summed E-state index contributed by atoms with van der Waals surface area (Å²) in [6, 6.07) is 3.52. The predicted octanol–water partition coefficient (Wildman–Crippen LogP) is 1.91. The van der Waals surface area contributed by atoms with Crippen LogP contribution in [0.3, 0.4) is 0 Å². The molecule has 2 aliphatic heterocycles. The van der Waals surface area contributed by atoms with Crippen LogP contribution in [0, 0.1) is 5.92 Å². The van der Waals surface area contributed by atoms with Crippen LogP contribution in [0.2, 0.25) is 0 Å². The molecule has 5 nitrogen and oxygen atoms in total. The summed E-state index contributed by atoms with van der Waals surface area (Å²) in [6.07, 6.45) is 4.41. The standard InChI is InChI=1S/C15H25N3O2S2.ClH/c19-22(20,15-4-2-10-21-15)17-14-5-8-18(9-6-14)12-13-3-1-7-16-11-13;/h2,4,10,13-14,16-17H,1,3,5-9,11-12H2;1H. The fourth-order valence-corrected chi connectivity index (χ4v) is 5.69. The Balaban J connectivity index is 0.00000192. The van der Waals surface area contributed by atoms with Crippen LogP contribution in [0.4, 0.5) is 0 Å². The minimum Gasteiger partial charge on any atom is -0.316 e. The lowest BCUT2D eigenvalue weighted by molar-refractivity contribution is 0.166. The van der Waals surface area contributed by atoms with Gasteiger partial charge in [0.2, 0.25) is 10.0 Å². The van der Waals surface area contributed by atoms with Gasteiger partial charge in [0, 0.05) is 12.6 Å². The van der Waals surface area contributed by atoms with Gasteiger partial charge >= 0.3 is 0 Å². The SMILES string of the molecule is Cl.O=S(=O)(NC1CCN(CC2CCCNC2)CC1)c1cccs1. The van der Waals surface area contributed by atoms with Crippen LogP contribution in [-0.4, -0.2) is 52.1 Å². The van der Waals surface area contributed by atoms with E-state index in [2.05, 4.69) is 14.9 Å². The molecule has 8 heteroatoms. The van der Waals surface area contributed by atoms with Crippen LogP contribution >= 0.6 is 23.7 Å². The maximum absolute atomic E-state index is 12.2. The fourth-order valence-electron chi connectivity index (χ4n) is 3.37. The van der Waals surface area contributed by atoms with E-state index in [1.807, 2.05) is 0 Å². The number of nitrogens with one attached hydrogen (secondary N) is 2. The molecule has 3 heterocycles. The molecule has 2 saturated heterocycles. The quantitative estimate of drug-likeness (QED) is 0.820. The van der Waals surface area contributed by atoms with Gasteiger partial charge in [-0.25, -0.2) is 13.1 Å². The maximum atomic E-state index is 12.2. The van der Waals surface area contributed by atoms with Crippen molar-refractivity contribution in [2.24, 2.45) is 5.92 Å². The summed E-state index contributed by atoms with van der Waals surface area (Å²) in [7, 11) is -3.32. The molecule has 0 spiro atoms. The minimum atomic E-state index is -3.32. The normalized spacial score (nSPS) is 24.3. The van der Waals surface area contributed by atoms with Crippen molar-refractivity contribution in [2.45, 2.75) is 35.9 Å². The molecule has 0 radical (unpaired) electrons. The average molecular weight is 380 g/mol. The molecule has 0 bridgehead atoms. The number of rotatable bonds is 5. The first-order valence-electron chi connectivity index (χ1n) is 8.12. The van der Waals surface area contributed by atoms with Gasteiger partial charge in [-0.2, -0.15) is 0 Å². The van der Waals surface area contributed by atoms with Crippen molar-refractivity contribution in [3.8, 4) is 0 Å². The molecular weight excluding hydrogens is 354 g/mol. The molecule has 2 N–H and O–H groups in total. The van der Waals surface area contributed by atoms with Crippen molar-refractivity contribution in [3.63, 3.8) is 0 Å². The van der Waals surface area contributed by atoms with Crippen LogP contribution < -0.4 is 10.0 Å². The first-order chi connectivity index (χ1) is 10.6. The largest absolute Gasteiger partial charge is 0.316 e. The molecule has 1 aromatic rings. The summed E-state index contributed by atoms with van der Waals surface area (Å²) in [4.78, 5) is 2.49. The van der Waals surface area contributed by atoms with Crippen LogP contribution in [0.5, 0.6) is 0 Å². The second-order valence-corrected chi connectivity index (χ2v) is 9.23. The first kappa shape index (κ1) is 19.1. The van der Waals surface area contributed by atoms with E-state index in [1.54, 1.807) is 17.5 Å². The Hall–Kier alpha value is -0.180. The Labute approximate surface area is 149 Å². The highest BCUT2D eigenvalue weighted by molar-refractivity contribution is 7.91. The molecule has 1 aromatic heterocycles. The van der Waals surface area contributed by atoms with E-state index in [-0.39, 0.29) is 18.4 Å². The van der Waals surface area contributed by atoms with Crippen molar-refractivity contribution in [3.05, 3.63) is 17.5 Å². The zero-order valence-corrected chi connectivity index (χ0v) is 15.7. The van der Waals surface area contributed by atoms with Gasteiger partial charge < -0.3 is 10.2 Å². The molecule has 0 amide bonds. The molecular formula is C15H26ClN3O2S2. The third-order valence-corrected chi connectivity index (χ3v) is 7.50. The topological polar surface area (TPSA) is 61.4 Å².